The van der Waals surface area contributed by atoms with Gasteiger partial charge in [-0.2, -0.15) is 0 Å². The average Bonchev–Trinajstić information content (AvgIpc) is 2.66. The minimum atomic E-state index is -0.215. The number of para-hydroxylation sites is 2. The van der Waals surface area contributed by atoms with Gasteiger partial charge in [-0.1, -0.05) is 18.2 Å². The van der Waals surface area contributed by atoms with E-state index < -0.39 is 0 Å². The lowest BCUT2D eigenvalue weighted by molar-refractivity contribution is 0.102. The van der Waals surface area contributed by atoms with E-state index in [9.17, 15) is 4.79 Å². The molecule has 6 heteroatoms. The van der Waals surface area contributed by atoms with E-state index in [1.165, 1.54) is 0 Å². The molecule has 0 saturated heterocycles. The Bertz CT molecular complexity index is 923. The van der Waals surface area contributed by atoms with Crippen LogP contribution in [0.1, 0.15) is 21.5 Å². The molecule has 0 aliphatic rings. The third-order valence-corrected chi connectivity index (χ3v) is 4.04. The molecule has 0 radical (unpaired) electrons. The van der Waals surface area contributed by atoms with Crippen LogP contribution in [0, 0.1) is 13.8 Å². The Balaban J connectivity index is 1.69. The van der Waals surface area contributed by atoms with Crippen molar-refractivity contribution in [3.8, 4) is 5.75 Å². The summed E-state index contributed by atoms with van der Waals surface area (Å²) in [6.45, 7) is 3.99. The van der Waals surface area contributed by atoms with Crippen molar-refractivity contribution in [1.82, 2.24) is 10.2 Å². The third-order valence-electron chi connectivity index (χ3n) is 4.04. The number of aromatic nitrogens is 2. The summed E-state index contributed by atoms with van der Waals surface area (Å²) in [4.78, 5) is 12.3. The Hall–Kier alpha value is -3.41. The van der Waals surface area contributed by atoms with E-state index in [4.69, 9.17) is 4.74 Å². The number of nitrogens with zero attached hydrogens (tertiary/aromatic N) is 2. The SMILES string of the molecule is COc1ccccc1Nc1ccc(NC(=O)c2ccc(C)c(C)c2)nn1. The van der Waals surface area contributed by atoms with E-state index in [-0.39, 0.29) is 5.91 Å². The van der Waals surface area contributed by atoms with Crippen molar-refractivity contribution in [2.45, 2.75) is 13.8 Å². The Morgan fingerprint density at radius 1 is 0.923 bits per heavy atom. The van der Waals surface area contributed by atoms with Crippen molar-refractivity contribution in [3.63, 3.8) is 0 Å². The van der Waals surface area contributed by atoms with Gasteiger partial charge in [0.15, 0.2) is 11.6 Å². The highest BCUT2D eigenvalue weighted by Crippen LogP contribution is 2.26. The minimum absolute atomic E-state index is 0.215. The summed E-state index contributed by atoms with van der Waals surface area (Å²) in [5, 5.41) is 14.0. The third kappa shape index (κ3) is 3.97. The number of nitrogens with one attached hydrogen (secondary N) is 2. The molecule has 2 aromatic carbocycles. The molecule has 132 valence electrons. The number of carbonyl (C=O) groups excluding carboxylic acids is 1. The molecule has 3 aromatic rings. The Kier molecular flexibility index (Phi) is 5.12. The molecule has 0 bridgehead atoms. The smallest absolute Gasteiger partial charge is 0.256 e. The first kappa shape index (κ1) is 17.4. The van der Waals surface area contributed by atoms with Crippen molar-refractivity contribution in [3.05, 3.63) is 71.3 Å². The van der Waals surface area contributed by atoms with Gasteiger partial charge in [0.05, 0.1) is 12.8 Å². The normalized spacial score (nSPS) is 10.3. The van der Waals surface area contributed by atoms with Crippen LogP contribution in [0.25, 0.3) is 0 Å². The quantitative estimate of drug-likeness (QED) is 0.726. The summed E-state index contributed by atoms with van der Waals surface area (Å²) < 4.78 is 5.29. The molecule has 0 aliphatic heterocycles. The van der Waals surface area contributed by atoms with Crippen LogP contribution in [-0.4, -0.2) is 23.2 Å². The van der Waals surface area contributed by atoms with Gasteiger partial charge in [0.1, 0.15) is 5.75 Å². The number of ether oxygens (including phenoxy) is 1. The highest BCUT2D eigenvalue weighted by Gasteiger charge is 2.09. The number of carbonyl (C=O) groups is 1. The molecule has 0 saturated carbocycles. The number of amides is 1. The molecule has 26 heavy (non-hydrogen) atoms. The molecule has 2 N–H and O–H groups in total. The highest BCUT2D eigenvalue weighted by molar-refractivity contribution is 6.03. The molecule has 1 aromatic heterocycles. The summed E-state index contributed by atoms with van der Waals surface area (Å²) in [5.74, 6) is 1.44. The van der Waals surface area contributed by atoms with Crippen LogP contribution < -0.4 is 15.4 Å². The van der Waals surface area contributed by atoms with Gasteiger partial charge in [0.2, 0.25) is 0 Å². The second kappa shape index (κ2) is 7.65. The van der Waals surface area contributed by atoms with Gasteiger partial charge < -0.3 is 15.4 Å². The monoisotopic (exact) mass is 348 g/mol. The summed E-state index contributed by atoms with van der Waals surface area (Å²) in [5.41, 5.74) is 3.59. The summed E-state index contributed by atoms with van der Waals surface area (Å²) in [6.07, 6.45) is 0. The number of benzene rings is 2. The molecule has 0 spiro atoms. The predicted octanol–water partition coefficient (Wildman–Crippen LogP) is 4.10. The molecule has 1 amide bonds. The fourth-order valence-electron chi connectivity index (χ4n) is 2.42. The van der Waals surface area contributed by atoms with Crippen LogP contribution in [-0.2, 0) is 0 Å². The summed E-state index contributed by atoms with van der Waals surface area (Å²) in [6, 6.07) is 16.6. The minimum Gasteiger partial charge on any atom is -0.495 e. The largest absolute Gasteiger partial charge is 0.495 e. The number of hydrogen-bond acceptors (Lipinski definition) is 5. The maximum Gasteiger partial charge on any atom is 0.256 e. The van der Waals surface area contributed by atoms with E-state index in [0.29, 0.717) is 22.9 Å². The Morgan fingerprint density at radius 3 is 2.35 bits per heavy atom. The van der Waals surface area contributed by atoms with E-state index in [1.54, 1.807) is 25.3 Å². The van der Waals surface area contributed by atoms with Crippen molar-refractivity contribution in [2.24, 2.45) is 0 Å². The molecule has 0 atom stereocenters. The van der Waals surface area contributed by atoms with Crippen LogP contribution in [0.5, 0.6) is 5.75 Å². The van der Waals surface area contributed by atoms with Crippen molar-refractivity contribution in [2.75, 3.05) is 17.7 Å². The second-order valence-corrected chi connectivity index (χ2v) is 5.88. The Labute approximate surface area is 152 Å². The predicted molar refractivity (Wildman–Crippen MR) is 102 cm³/mol. The van der Waals surface area contributed by atoms with Gasteiger partial charge in [-0.05, 0) is 61.4 Å². The van der Waals surface area contributed by atoms with Crippen LogP contribution >= 0.6 is 0 Å². The lowest BCUT2D eigenvalue weighted by Crippen LogP contribution is -2.13. The number of hydrogen-bond donors (Lipinski definition) is 2. The number of aryl methyl sites for hydroxylation is 2. The maximum absolute atomic E-state index is 12.3. The topological polar surface area (TPSA) is 76.1 Å². The van der Waals surface area contributed by atoms with Gasteiger partial charge in [0.25, 0.3) is 5.91 Å². The first-order chi connectivity index (χ1) is 12.6. The van der Waals surface area contributed by atoms with Crippen LogP contribution in [0.2, 0.25) is 0 Å². The van der Waals surface area contributed by atoms with E-state index in [2.05, 4.69) is 20.8 Å². The molecule has 6 nitrogen and oxygen atoms in total. The van der Waals surface area contributed by atoms with Crippen molar-refractivity contribution in [1.29, 1.82) is 0 Å². The molecule has 0 aliphatic carbocycles. The van der Waals surface area contributed by atoms with Gasteiger partial charge in [-0.25, -0.2) is 0 Å². The van der Waals surface area contributed by atoms with Gasteiger partial charge in [-0.15, -0.1) is 10.2 Å². The highest BCUT2D eigenvalue weighted by atomic mass is 16.5. The van der Waals surface area contributed by atoms with E-state index in [1.807, 2.05) is 50.2 Å². The zero-order chi connectivity index (χ0) is 18.5. The lowest BCUT2D eigenvalue weighted by atomic mass is 10.1. The number of methoxy groups -OCH3 is 1. The molecule has 0 fully saturated rings. The van der Waals surface area contributed by atoms with Gasteiger partial charge in [-0.3, -0.25) is 4.79 Å². The average molecular weight is 348 g/mol. The molecule has 1 heterocycles. The first-order valence-corrected chi connectivity index (χ1v) is 8.19. The zero-order valence-corrected chi connectivity index (χ0v) is 14.9. The summed E-state index contributed by atoms with van der Waals surface area (Å²) >= 11 is 0. The fraction of sp³-hybridized carbons (Fsp3) is 0.150. The number of anilines is 3. The standard InChI is InChI=1S/C20H20N4O2/c1-13-8-9-15(12-14(13)2)20(25)22-19-11-10-18(23-24-19)21-16-6-4-5-7-17(16)26-3/h4-12H,1-3H3,(H,21,23)(H,22,24,25). The van der Waals surface area contributed by atoms with Crippen LogP contribution in [0.3, 0.4) is 0 Å². The molecular weight excluding hydrogens is 328 g/mol. The van der Waals surface area contributed by atoms with Crippen molar-refractivity contribution >= 4 is 23.2 Å². The van der Waals surface area contributed by atoms with E-state index >= 15 is 0 Å². The zero-order valence-electron chi connectivity index (χ0n) is 14.9. The lowest BCUT2D eigenvalue weighted by Gasteiger charge is -2.10. The molecule has 3 rings (SSSR count). The Morgan fingerprint density at radius 2 is 1.65 bits per heavy atom. The fourth-order valence-corrected chi connectivity index (χ4v) is 2.42. The molecule has 0 unspecified atom stereocenters. The summed E-state index contributed by atoms with van der Waals surface area (Å²) in [7, 11) is 1.61. The second-order valence-electron chi connectivity index (χ2n) is 5.88. The maximum atomic E-state index is 12.3. The van der Waals surface area contributed by atoms with Gasteiger partial charge >= 0.3 is 0 Å². The van der Waals surface area contributed by atoms with Crippen LogP contribution in [0.15, 0.2) is 54.6 Å². The molecular formula is C20H20N4O2. The van der Waals surface area contributed by atoms with Gasteiger partial charge in [0, 0.05) is 5.56 Å². The first-order valence-electron chi connectivity index (χ1n) is 8.19. The van der Waals surface area contributed by atoms with E-state index in [0.717, 1.165) is 16.8 Å². The van der Waals surface area contributed by atoms with Crippen molar-refractivity contribution < 1.29 is 9.53 Å². The number of rotatable bonds is 5. The van der Waals surface area contributed by atoms with Crippen LogP contribution in [0.4, 0.5) is 17.3 Å².